The van der Waals surface area contributed by atoms with E-state index in [1.807, 2.05) is 60.4 Å². The number of carbonyl (C=O) groups excluding carboxylic acids is 1. The SMILES string of the molecule is COc1ccc(-c2noc([C@@H]3CCCN(C(=O)Nc4cccc(C)c4)C3)n2)cc1. The summed E-state index contributed by atoms with van der Waals surface area (Å²) in [6.45, 7) is 3.28. The lowest BCUT2D eigenvalue weighted by Crippen LogP contribution is -2.41. The molecule has 4 rings (SSSR count). The van der Waals surface area contributed by atoms with Gasteiger partial charge in [0, 0.05) is 24.3 Å². The summed E-state index contributed by atoms with van der Waals surface area (Å²) in [4.78, 5) is 19.1. The molecule has 0 aliphatic carbocycles. The van der Waals surface area contributed by atoms with Gasteiger partial charge in [0.1, 0.15) is 5.75 Å². The van der Waals surface area contributed by atoms with Crippen LogP contribution in [0, 0.1) is 6.92 Å². The average Bonchev–Trinajstić information content (AvgIpc) is 3.24. The third-order valence-electron chi connectivity index (χ3n) is 5.12. The number of amides is 2. The molecular weight excluding hydrogens is 368 g/mol. The van der Waals surface area contributed by atoms with Crippen molar-refractivity contribution in [1.29, 1.82) is 0 Å². The van der Waals surface area contributed by atoms with Gasteiger partial charge in [-0.2, -0.15) is 4.98 Å². The average molecular weight is 392 g/mol. The molecule has 0 spiro atoms. The van der Waals surface area contributed by atoms with Crippen molar-refractivity contribution in [2.45, 2.75) is 25.7 Å². The molecule has 1 aliphatic rings. The van der Waals surface area contributed by atoms with Gasteiger partial charge in [-0.3, -0.25) is 0 Å². The molecule has 1 N–H and O–H groups in total. The fraction of sp³-hybridized carbons (Fsp3) is 0.318. The predicted octanol–water partition coefficient (Wildman–Crippen LogP) is 4.47. The Labute approximate surface area is 169 Å². The molecule has 150 valence electrons. The van der Waals surface area contributed by atoms with Crippen LogP contribution in [0.3, 0.4) is 0 Å². The minimum atomic E-state index is -0.102. The van der Waals surface area contributed by atoms with Crippen molar-refractivity contribution in [2.24, 2.45) is 0 Å². The Morgan fingerprint density at radius 3 is 2.83 bits per heavy atom. The number of likely N-dealkylation sites (tertiary alicyclic amines) is 1. The topological polar surface area (TPSA) is 80.5 Å². The largest absolute Gasteiger partial charge is 0.497 e. The summed E-state index contributed by atoms with van der Waals surface area (Å²) < 4.78 is 10.7. The Morgan fingerprint density at radius 1 is 1.24 bits per heavy atom. The molecule has 2 amide bonds. The molecule has 1 aliphatic heterocycles. The highest BCUT2D eigenvalue weighted by Crippen LogP contribution is 2.28. The highest BCUT2D eigenvalue weighted by molar-refractivity contribution is 5.89. The lowest BCUT2D eigenvalue weighted by atomic mass is 9.98. The maximum Gasteiger partial charge on any atom is 0.321 e. The number of aryl methyl sites for hydroxylation is 1. The summed E-state index contributed by atoms with van der Waals surface area (Å²) in [7, 11) is 1.63. The fourth-order valence-corrected chi connectivity index (χ4v) is 3.55. The Hall–Kier alpha value is -3.35. The molecule has 1 atom stereocenters. The Bertz CT molecular complexity index is 984. The first-order valence-corrected chi connectivity index (χ1v) is 9.73. The molecule has 0 radical (unpaired) electrons. The number of methoxy groups -OCH3 is 1. The number of benzene rings is 2. The van der Waals surface area contributed by atoms with Crippen molar-refractivity contribution in [3.63, 3.8) is 0 Å². The number of nitrogens with zero attached hydrogens (tertiary/aromatic N) is 3. The molecule has 7 heteroatoms. The number of urea groups is 1. The van der Waals surface area contributed by atoms with E-state index in [-0.39, 0.29) is 11.9 Å². The second-order valence-corrected chi connectivity index (χ2v) is 7.27. The lowest BCUT2D eigenvalue weighted by Gasteiger charge is -2.31. The third kappa shape index (κ3) is 4.39. The van der Waals surface area contributed by atoms with Crippen LogP contribution in [-0.2, 0) is 0 Å². The number of aromatic nitrogens is 2. The first kappa shape index (κ1) is 19.0. The van der Waals surface area contributed by atoms with Gasteiger partial charge < -0.3 is 19.5 Å². The molecule has 2 heterocycles. The third-order valence-corrected chi connectivity index (χ3v) is 5.12. The molecule has 1 fully saturated rings. The molecule has 29 heavy (non-hydrogen) atoms. The summed E-state index contributed by atoms with van der Waals surface area (Å²) in [5.41, 5.74) is 2.78. The van der Waals surface area contributed by atoms with Crippen molar-refractivity contribution in [2.75, 3.05) is 25.5 Å². The van der Waals surface area contributed by atoms with Gasteiger partial charge in [-0.05, 0) is 61.7 Å². The van der Waals surface area contributed by atoms with Crippen molar-refractivity contribution < 1.29 is 14.1 Å². The van der Waals surface area contributed by atoms with Gasteiger partial charge >= 0.3 is 6.03 Å². The minimum Gasteiger partial charge on any atom is -0.497 e. The van der Waals surface area contributed by atoms with E-state index < -0.39 is 0 Å². The molecule has 1 saturated heterocycles. The van der Waals surface area contributed by atoms with Crippen molar-refractivity contribution in [3.05, 3.63) is 60.0 Å². The smallest absolute Gasteiger partial charge is 0.321 e. The van der Waals surface area contributed by atoms with Crippen LogP contribution in [0.1, 0.15) is 30.2 Å². The van der Waals surface area contributed by atoms with Crippen LogP contribution in [0.15, 0.2) is 53.1 Å². The Balaban J connectivity index is 1.43. The first-order chi connectivity index (χ1) is 14.1. The van der Waals surface area contributed by atoms with E-state index in [9.17, 15) is 4.79 Å². The van der Waals surface area contributed by atoms with E-state index in [0.717, 1.165) is 35.4 Å². The van der Waals surface area contributed by atoms with E-state index in [1.54, 1.807) is 7.11 Å². The predicted molar refractivity (Wildman–Crippen MR) is 110 cm³/mol. The summed E-state index contributed by atoms with van der Waals surface area (Å²) >= 11 is 0. The van der Waals surface area contributed by atoms with Gasteiger partial charge in [0.15, 0.2) is 0 Å². The van der Waals surface area contributed by atoms with Crippen molar-refractivity contribution in [3.8, 4) is 17.1 Å². The summed E-state index contributed by atoms with van der Waals surface area (Å²) in [5.74, 6) is 1.93. The van der Waals surface area contributed by atoms with Gasteiger partial charge in [0.2, 0.25) is 11.7 Å². The molecule has 0 unspecified atom stereocenters. The van der Waals surface area contributed by atoms with Crippen LogP contribution in [-0.4, -0.2) is 41.3 Å². The minimum absolute atomic E-state index is 0.0338. The van der Waals surface area contributed by atoms with Gasteiger partial charge in [-0.15, -0.1) is 0 Å². The maximum atomic E-state index is 12.7. The zero-order chi connectivity index (χ0) is 20.2. The second-order valence-electron chi connectivity index (χ2n) is 7.27. The zero-order valence-corrected chi connectivity index (χ0v) is 16.6. The normalized spacial score (nSPS) is 16.5. The van der Waals surface area contributed by atoms with Gasteiger partial charge in [-0.25, -0.2) is 4.79 Å². The van der Waals surface area contributed by atoms with Crippen LogP contribution >= 0.6 is 0 Å². The molecule has 3 aromatic rings. The lowest BCUT2D eigenvalue weighted by molar-refractivity contribution is 0.184. The molecule has 1 aromatic heterocycles. The number of hydrogen-bond acceptors (Lipinski definition) is 5. The highest BCUT2D eigenvalue weighted by Gasteiger charge is 2.28. The second kappa shape index (κ2) is 8.34. The first-order valence-electron chi connectivity index (χ1n) is 9.73. The number of ether oxygens (including phenoxy) is 1. The fourth-order valence-electron chi connectivity index (χ4n) is 3.55. The van der Waals surface area contributed by atoms with E-state index in [4.69, 9.17) is 9.26 Å². The van der Waals surface area contributed by atoms with Crippen molar-refractivity contribution >= 4 is 11.7 Å². The van der Waals surface area contributed by atoms with Crippen LogP contribution in [0.25, 0.3) is 11.4 Å². The van der Waals surface area contributed by atoms with Gasteiger partial charge in [0.25, 0.3) is 0 Å². The number of rotatable bonds is 4. The van der Waals surface area contributed by atoms with E-state index >= 15 is 0 Å². The Morgan fingerprint density at radius 2 is 2.07 bits per heavy atom. The van der Waals surface area contributed by atoms with Gasteiger partial charge in [-0.1, -0.05) is 17.3 Å². The zero-order valence-electron chi connectivity index (χ0n) is 16.6. The van der Waals surface area contributed by atoms with Crippen LogP contribution in [0.4, 0.5) is 10.5 Å². The number of piperidine rings is 1. The van der Waals surface area contributed by atoms with Crippen LogP contribution in [0.5, 0.6) is 5.75 Å². The molecule has 0 bridgehead atoms. The Kier molecular flexibility index (Phi) is 5.46. The molecular formula is C22H24N4O3. The van der Waals surface area contributed by atoms with Crippen LogP contribution < -0.4 is 10.1 Å². The molecule has 0 saturated carbocycles. The maximum absolute atomic E-state index is 12.7. The number of nitrogens with one attached hydrogen (secondary N) is 1. The van der Waals surface area contributed by atoms with E-state index in [0.29, 0.717) is 24.8 Å². The highest BCUT2D eigenvalue weighted by atomic mass is 16.5. The number of hydrogen-bond donors (Lipinski definition) is 1. The van der Waals surface area contributed by atoms with Crippen LogP contribution in [0.2, 0.25) is 0 Å². The quantitative estimate of drug-likeness (QED) is 0.709. The number of carbonyl (C=O) groups is 1. The monoisotopic (exact) mass is 392 g/mol. The summed E-state index contributed by atoms with van der Waals surface area (Å²) in [5, 5.41) is 7.09. The molecule has 2 aromatic carbocycles. The summed E-state index contributed by atoms with van der Waals surface area (Å²) in [6.07, 6.45) is 1.81. The molecule has 7 nitrogen and oxygen atoms in total. The van der Waals surface area contributed by atoms with E-state index in [1.165, 1.54) is 0 Å². The standard InChI is InChI=1S/C22H24N4O3/c1-15-5-3-7-18(13-15)23-22(27)26-12-4-6-17(14-26)21-24-20(25-29-21)16-8-10-19(28-2)11-9-16/h3,5,7-11,13,17H,4,6,12,14H2,1-2H3,(H,23,27)/t17-/m1/s1. The summed E-state index contributed by atoms with van der Waals surface area (Å²) in [6, 6.07) is 15.2. The number of anilines is 1. The van der Waals surface area contributed by atoms with Crippen molar-refractivity contribution in [1.82, 2.24) is 15.0 Å². The van der Waals surface area contributed by atoms with Gasteiger partial charge in [0.05, 0.1) is 13.0 Å². The van der Waals surface area contributed by atoms with E-state index in [2.05, 4.69) is 15.5 Å².